The third-order valence-corrected chi connectivity index (χ3v) is 4.54. The Balaban J connectivity index is 2.39. The van der Waals surface area contributed by atoms with E-state index in [1.165, 1.54) is 7.11 Å². The zero-order valence-corrected chi connectivity index (χ0v) is 12.1. The van der Waals surface area contributed by atoms with Gasteiger partial charge in [0.2, 0.25) is 10.0 Å². The van der Waals surface area contributed by atoms with Gasteiger partial charge in [-0.1, -0.05) is 0 Å². The number of nitrogens with two attached hydrogens (primary N) is 1. The van der Waals surface area contributed by atoms with Gasteiger partial charge in [0.1, 0.15) is 0 Å². The summed E-state index contributed by atoms with van der Waals surface area (Å²) < 4.78 is 36.0. The predicted octanol–water partition coefficient (Wildman–Crippen LogP) is -0.636. The molecule has 0 amide bonds. The van der Waals surface area contributed by atoms with Crippen LogP contribution in [0.5, 0.6) is 0 Å². The minimum atomic E-state index is -3.45. The Bertz CT molecular complexity index is 396. The number of carbonyl (C=O) groups is 1. The van der Waals surface area contributed by atoms with Crippen LogP contribution in [0.2, 0.25) is 0 Å². The normalized spacial score (nSPS) is 26.8. The maximum atomic E-state index is 11.8. The molecule has 0 aromatic rings. The summed E-state index contributed by atoms with van der Waals surface area (Å²) in [6, 6.07) is -0.588. The van der Waals surface area contributed by atoms with Crippen molar-refractivity contribution in [3.63, 3.8) is 0 Å². The Kier molecular flexibility index (Phi) is 6.18. The highest BCUT2D eigenvalue weighted by molar-refractivity contribution is 7.89. The minimum Gasteiger partial charge on any atom is -0.469 e. The molecule has 0 aromatic carbocycles. The smallest absolute Gasteiger partial charge is 0.305 e. The second-order valence-electron chi connectivity index (χ2n) is 4.54. The van der Waals surface area contributed by atoms with Gasteiger partial charge in [-0.3, -0.25) is 4.79 Å². The lowest BCUT2D eigenvalue weighted by atomic mass is 9.84. The van der Waals surface area contributed by atoms with Crippen molar-refractivity contribution in [1.82, 2.24) is 4.72 Å². The summed E-state index contributed by atoms with van der Waals surface area (Å²) in [5, 5.41) is 0. The van der Waals surface area contributed by atoms with Crippen molar-refractivity contribution < 1.29 is 22.7 Å². The van der Waals surface area contributed by atoms with Gasteiger partial charge in [0.05, 0.1) is 25.0 Å². The molecule has 1 saturated carbocycles. The lowest BCUT2D eigenvalue weighted by Gasteiger charge is -2.42. The van der Waals surface area contributed by atoms with E-state index in [-0.39, 0.29) is 36.8 Å². The molecule has 112 valence electrons. The van der Waals surface area contributed by atoms with Gasteiger partial charge in [-0.15, -0.1) is 0 Å². The molecule has 1 fully saturated rings. The van der Waals surface area contributed by atoms with Crippen LogP contribution in [0.3, 0.4) is 0 Å². The van der Waals surface area contributed by atoms with E-state index in [1.54, 1.807) is 0 Å². The number of carbonyl (C=O) groups excluding carboxylic acids is 1. The third kappa shape index (κ3) is 5.06. The molecule has 3 atom stereocenters. The predicted molar refractivity (Wildman–Crippen MR) is 70.0 cm³/mol. The zero-order valence-electron chi connectivity index (χ0n) is 11.3. The van der Waals surface area contributed by atoms with Crippen molar-refractivity contribution in [3.05, 3.63) is 0 Å². The van der Waals surface area contributed by atoms with E-state index in [0.29, 0.717) is 13.0 Å². The standard InChI is InChI=1S/C11H22N2O5S/c1-3-18-9-7-8(12)11(9)13-19(15,16)6-4-5-10(14)17-2/h8-9,11,13H,3-7,12H2,1-2H3. The van der Waals surface area contributed by atoms with E-state index in [1.807, 2.05) is 6.92 Å². The van der Waals surface area contributed by atoms with E-state index in [9.17, 15) is 13.2 Å². The van der Waals surface area contributed by atoms with E-state index in [4.69, 9.17) is 10.5 Å². The molecule has 8 heteroatoms. The first-order chi connectivity index (χ1) is 8.89. The fraction of sp³-hybridized carbons (Fsp3) is 0.909. The van der Waals surface area contributed by atoms with Crippen LogP contribution < -0.4 is 10.5 Å². The van der Waals surface area contributed by atoms with Gasteiger partial charge in [0.15, 0.2) is 0 Å². The molecular formula is C11H22N2O5S. The second-order valence-corrected chi connectivity index (χ2v) is 6.41. The number of ether oxygens (including phenoxy) is 2. The lowest BCUT2D eigenvalue weighted by Crippen LogP contribution is -2.64. The number of hydrogen-bond donors (Lipinski definition) is 2. The van der Waals surface area contributed by atoms with Crippen LogP contribution in [0.1, 0.15) is 26.2 Å². The molecule has 19 heavy (non-hydrogen) atoms. The number of esters is 1. The first-order valence-corrected chi connectivity index (χ1v) is 7.99. The summed E-state index contributed by atoms with van der Waals surface area (Å²) in [4.78, 5) is 10.9. The van der Waals surface area contributed by atoms with Crippen molar-refractivity contribution in [3.8, 4) is 0 Å². The van der Waals surface area contributed by atoms with E-state index < -0.39 is 16.0 Å². The zero-order chi connectivity index (χ0) is 14.5. The van der Waals surface area contributed by atoms with Crippen molar-refractivity contribution in [2.45, 2.75) is 44.4 Å². The summed E-state index contributed by atoms with van der Waals surface area (Å²) in [5.41, 5.74) is 5.77. The lowest BCUT2D eigenvalue weighted by molar-refractivity contribution is -0.140. The number of methoxy groups -OCH3 is 1. The molecular weight excluding hydrogens is 272 g/mol. The van der Waals surface area contributed by atoms with Crippen LogP contribution >= 0.6 is 0 Å². The van der Waals surface area contributed by atoms with Crippen LogP contribution in [0.15, 0.2) is 0 Å². The van der Waals surface area contributed by atoms with Crippen molar-refractivity contribution in [2.24, 2.45) is 5.73 Å². The van der Waals surface area contributed by atoms with Gasteiger partial charge in [-0.2, -0.15) is 0 Å². The molecule has 7 nitrogen and oxygen atoms in total. The van der Waals surface area contributed by atoms with Crippen molar-refractivity contribution >= 4 is 16.0 Å². The summed E-state index contributed by atoms with van der Waals surface area (Å²) in [5.74, 6) is -0.535. The Labute approximate surface area is 113 Å². The average Bonchev–Trinajstić information content (AvgIpc) is 2.35. The quantitative estimate of drug-likeness (QED) is 0.577. The van der Waals surface area contributed by atoms with Gasteiger partial charge in [0, 0.05) is 19.1 Å². The largest absolute Gasteiger partial charge is 0.469 e. The van der Waals surface area contributed by atoms with Gasteiger partial charge in [-0.05, 0) is 19.8 Å². The van der Waals surface area contributed by atoms with E-state index >= 15 is 0 Å². The Morgan fingerprint density at radius 3 is 2.68 bits per heavy atom. The van der Waals surface area contributed by atoms with Crippen LogP contribution in [-0.2, 0) is 24.3 Å². The first-order valence-electron chi connectivity index (χ1n) is 6.33. The summed E-state index contributed by atoms with van der Waals surface area (Å²) in [6.45, 7) is 2.38. The molecule has 1 aliphatic carbocycles. The van der Waals surface area contributed by atoms with Gasteiger partial charge < -0.3 is 15.2 Å². The van der Waals surface area contributed by atoms with Crippen LogP contribution in [0.25, 0.3) is 0 Å². The first kappa shape index (κ1) is 16.4. The minimum absolute atomic E-state index is 0.0863. The Hall–Kier alpha value is -0.700. The molecule has 0 aromatic heterocycles. The second kappa shape index (κ2) is 7.18. The van der Waals surface area contributed by atoms with Gasteiger partial charge in [-0.25, -0.2) is 13.1 Å². The van der Waals surface area contributed by atoms with Crippen LogP contribution in [0.4, 0.5) is 0 Å². The highest BCUT2D eigenvalue weighted by atomic mass is 32.2. The molecule has 0 bridgehead atoms. The van der Waals surface area contributed by atoms with Crippen molar-refractivity contribution in [1.29, 1.82) is 0 Å². The van der Waals surface area contributed by atoms with E-state index in [0.717, 1.165) is 0 Å². The Morgan fingerprint density at radius 1 is 1.47 bits per heavy atom. The molecule has 1 aliphatic rings. The molecule has 1 rings (SSSR count). The third-order valence-electron chi connectivity index (χ3n) is 3.08. The maximum absolute atomic E-state index is 11.8. The molecule has 0 aliphatic heterocycles. The highest BCUT2D eigenvalue weighted by Crippen LogP contribution is 2.23. The summed E-state index contributed by atoms with van der Waals surface area (Å²) >= 11 is 0. The van der Waals surface area contributed by atoms with Crippen molar-refractivity contribution in [2.75, 3.05) is 19.5 Å². The number of nitrogens with one attached hydrogen (secondary N) is 1. The highest BCUT2D eigenvalue weighted by Gasteiger charge is 2.41. The average molecular weight is 294 g/mol. The molecule has 3 unspecified atom stereocenters. The number of hydrogen-bond acceptors (Lipinski definition) is 6. The topological polar surface area (TPSA) is 108 Å². The fourth-order valence-electron chi connectivity index (χ4n) is 1.97. The SMILES string of the molecule is CCOC1CC(N)C1NS(=O)(=O)CCCC(=O)OC. The monoisotopic (exact) mass is 294 g/mol. The maximum Gasteiger partial charge on any atom is 0.305 e. The summed E-state index contributed by atoms with van der Waals surface area (Å²) in [6.07, 6.45) is 0.811. The molecule has 0 spiro atoms. The van der Waals surface area contributed by atoms with Gasteiger partial charge >= 0.3 is 5.97 Å². The number of sulfonamides is 1. The van der Waals surface area contributed by atoms with Gasteiger partial charge in [0.25, 0.3) is 0 Å². The molecule has 0 radical (unpaired) electrons. The fourth-order valence-corrected chi connectivity index (χ4v) is 3.35. The number of rotatable bonds is 8. The van der Waals surface area contributed by atoms with Crippen LogP contribution in [-0.4, -0.2) is 52.0 Å². The molecule has 0 saturated heterocycles. The van der Waals surface area contributed by atoms with E-state index in [2.05, 4.69) is 9.46 Å². The molecule has 3 N–H and O–H groups in total. The Morgan fingerprint density at radius 2 is 2.16 bits per heavy atom. The molecule has 0 heterocycles. The van der Waals surface area contributed by atoms with Crippen LogP contribution in [0, 0.1) is 0 Å². The summed E-state index contributed by atoms with van der Waals surface area (Å²) in [7, 11) is -2.17.